The highest BCUT2D eigenvalue weighted by Gasteiger charge is 2.46. The van der Waals surface area contributed by atoms with Crippen LogP contribution in [0.25, 0.3) is 76.9 Å². The van der Waals surface area contributed by atoms with E-state index in [9.17, 15) is 0 Å². The van der Waals surface area contributed by atoms with Crippen LogP contribution in [0, 0.1) is 0 Å². The molecule has 0 spiro atoms. The van der Waals surface area contributed by atoms with Gasteiger partial charge in [0.1, 0.15) is 11.2 Å². The van der Waals surface area contributed by atoms with Crippen molar-refractivity contribution in [2.75, 3.05) is 4.90 Å². The summed E-state index contributed by atoms with van der Waals surface area (Å²) in [5.74, 6) is 0. The summed E-state index contributed by atoms with van der Waals surface area (Å²) in [5.41, 5.74) is 16.7. The number of hydrogen-bond donors (Lipinski definition) is 0. The molecule has 304 valence electrons. The lowest BCUT2D eigenvalue weighted by Gasteiger charge is -2.35. The molecule has 65 heavy (non-hydrogen) atoms. The van der Waals surface area contributed by atoms with Gasteiger partial charge in [0.05, 0.1) is 5.41 Å². The van der Waals surface area contributed by atoms with Crippen LogP contribution in [0.1, 0.15) is 22.3 Å². The summed E-state index contributed by atoms with van der Waals surface area (Å²) >= 11 is 0. The van der Waals surface area contributed by atoms with Crippen molar-refractivity contribution in [3.8, 4) is 33.4 Å². The molecule has 2 nitrogen and oxygen atoms in total. The van der Waals surface area contributed by atoms with Gasteiger partial charge in [-0.25, -0.2) is 0 Å². The first-order valence-electron chi connectivity index (χ1n) is 22.4. The molecule has 1 heterocycles. The van der Waals surface area contributed by atoms with E-state index in [1.807, 2.05) is 0 Å². The van der Waals surface area contributed by atoms with Crippen molar-refractivity contribution in [1.82, 2.24) is 0 Å². The second-order valence-electron chi connectivity index (χ2n) is 17.2. The molecule has 2 heteroatoms. The van der Waals surface area contributed by atoms with Crippen molar-refractivity contribution in [2.24, 2.45) is 0 Å². The maximum absolute atomic E-state index is 6.98. The number of rotatable bonds is 7. The highest BCUT2D eigenvalue weighted by atomic mass is 16.3. The first-order valence-corrected chi connectivity index (χ1v) is 22.4. The summed E-state index contributed by atoms with van der Waals surface area (Å²) in [5, 5.41) is 7.01. The van der Waals surface area contributed by atoms with Crippen LogP contribution >= 0.6 is 0 Å². The minimum atomic E-state index is -0.519. The van der Waals surface area contributed by atoms with Gasteiger partial charge in [0.15, 0.2) is 0 Å². The molecule has 1 aliphatic rings. The molecular weight excluding hydrogens is 787 g/mol. The van der Waals surface area contributed by atoms with Gasteiger partial charge in [0, 0.05) is 38.8 Å². The third-order valence-electron chi connectivity index (χ3n) is 13.7. The monoisotopic (exact) mass is 827 g/mol. The van der Waals surface area contributed by atoms with Gasteiger partial charge in [-0.3, -0.25) is 0 Å². The zero-order valence-corrected chi connectivity index (χ0v) is 35.5. The van der Waals surface area contributed by atoms with E-state index >= 15 is 0 Å². The lowest BCUT2D eigenvalue weighted by molar-refractivity contribution is 0.674. The largest absolute Gasteiger partial charge is 0.455 e. The first kappa shape index (κ1) is 37.1. The minimum Gasteiger partial charge on any atom is -0.455 e. The van der Waals surface area contributed by atoms with E-state index < -0.39 is 5.41 Å². The number of hydrogen-bond acceptors (Lipinski definition) is 2. The van der Waals surface area contributed by atoms with E-state index in [1.54, 1.807) is 0 Å². The molecule has 0 bridgehead atoms. The molecule has 0 radical (unpaired) electrons. The number of para-hydroxylation sites is 1. The molecule has 0 unspecified atom stereocenters. The van der Waals surface area contributed by atoms with Gasteiger partial charge in [0.2, 0.25) is 0 Å². The SMILES string of the molecule is c1ccc(-c2cccc(N(c3ccc(-c4cccc5c4oc4c5ccc5ccc6ccccc6c54)cc3)c3ccc4c(c3)C(c3ccccc3)(c3ccccc3)c3ccccc3-4)c2)cc1. The minimum absolute atomic E-state index is 0.519. The molecular formula is C63H41NO. The molecule has 0 N–H and O–H groups in total. The fraction of sp³-hybridized carbons (Fsp3) is 0.0159. The van der Waals surface area contributed by atoms with Gasteiger partial charge >= 0.3 is 0 Å². The summed E-state index contributed by atoms with van der Waals surface area (Å²) in [6.07, 6.45) is 0. The highest BCUT2D eigenvalue weighted by molar-refractivity contribution is 6.24. The molecule has 1 aliphatic carbocycles. The molecule has 0 atom stereocenters. The van der Waals surface area contributed by atoms with Crippen molar-refractivity contribution in [2.45, 2.75) is 5.41 Å². The Hall–Kier alpha value is -8.46. The summed E-state index contributed by atoms with van der Waals surface area (Å²) in [6, 6.07) is 90.7. The maximum atomic E-state index is 6.98. The van der Waals surface area contributed by atoms with Crippen LogP contribution < -0.4 is 4.90 Å². The van der Waals surface area contributed by atoms with Crippen molar-refractivity contribution in [3.05, 3.63) is 271 Å². The number of furan rings is 1. The Morgan fingerprint density at radius 1 is 0.308 bits per heavy atom. The Labute approximate surface area is 377 Å². The van der Waals surface area contributed by atoms with Crippen LogP contribution in [0.5, 0.6) is 0 Å². The second-order valence-corrected chi connectivity index (χ2v) is 17.2. The van der Waals surface area contributed by atoms with Crippen LogP contribution in [-0.4, -0.2) is 0 Å². The van der Waals surface area contributed by atoms with Crippen LogP contribution in [0.3, 0.4) is 0 Å². The van der Waals surface area contributed by atoms with Crippen molar-refractivity contribution in [3.63, 3.8) is 0 Å². The van der Waals surface area contributed by atoms with Crippen molar-refractivity contribution in [1.29, 1.82) is 0 Å². The average molecular weight is 828 g/mol. The lowest BCUT2D eigenvalue weighted by Crippen LogP contribution is -2.28. The number of anilines is 3. The predicted molar refractivity (Wildman–Crippen MR) is 272 cm³/mol. The molecule has 0 fully saturated rings. The molecule has 0 amide bonds. The topological polar surface area (TPSA) is 16.4 Å². The van der Waals surface area contributed by atoms with Crippen LogP contribution in [0.4, 0.5) is 17.1 Å². The summed E-state index contributed by atoms with van der Waals surface area (Å²) < 4.78 is 6.98. The molecule has 0 saturated heterocycles. The predicted octanol–water partition coefficient (Wildman–Crippen LogP) is 17.1. The standard InChI is InChI=1S/C63H41NO/c1-4-16-42(17-5-1)46-19-14-24-50(40-46)64(51-37-39-55-54-26-12-13-29-58(54)63(59(55)41-51,47-20-6-2-7-21-47)48-22-8-3-9-23-48)49-35-32-44(33-36-49)53-27-15-28-56-57-38-34-45-31-30-43-18-10-11-25-52(43)60(45)62(57)65-61(53)56/h1-41H. The molecule has 1 aromatic heterocycles. The maximum Gasteiger partial charge on any atom is 0.143 e. The van der Waals surface area contributed by atoms with Crippen LogP contribution in [0.2, 0.25) is 0 Å². The lowest BCUT2D eigenvalue weighted by atomic mass is 9.67. The molecule has 13 rings (SSSR count). The quantitative estimate of drug-likeness (QED) is 0.149. The van der Waals surface area contributed by atoms with Gasteiger partial charge in [-0.1, -0.05) is 206 Å². The summed E-state index contributed by atoms with van der Waals surface area (Å²) in [4.78, 5) is 2.42. The number of nitrogens with zero attached hydrogens (tertiary/aromatic N) is 1. The van der Waals surface area contributed by atoms with Crippen LogP contribution in [-0.2, 0) is 5.41 Å². The molecule has 0 aliphatic heterocycles. The molecule has 11 aromatic carbocycles. The Kier molecular flexibility index (Phi) is 8.47. The zero-order valence-electron chi connectivity index (χ0n) is 35.5. The Morgan fingerprint density at radius 2 is 0.877 bits per heavy atom. The Morgan fingerprint density at radius 3 is 1.68 bits per heavy atom. The highest BCUT2D eigenvalue weighted by Crippen LogP contribution is 2.57. The van der Waals surface area contributed by atoms with E-state index in [0.29, 0.717) is 0 Å². The molecule has 12 aromatic rings. The Balaban J connectivity index is 0.998. The van der Waals surface area contributed by atoms with E-state index in [4.69, 9.17) is 4.42 Å². The second kappa shape index (κ2) is 14.8. The van der Waals surface area contributed by atoms with Gasteiger partial charge < -0.3 is 9.32 Å². The van der Waals surface area contributed by atoms with E-state index in [0.717, 1.165) is 61.1 Å². The third-order valence-corrected chi connectivity index (χ3v) is 13.7. The molecule has 0 saturated carbocycles. The number of fused-ring (bicyclic) bond motifs is 10. The number of benzene rings is 11. The van der Waals surface area contributed by atoms with Gasteiger partial charge in [0.25, 0.3) is 0 Å². The fourth-order valence-corrected chi connectivity index (χ4v) is 10.8. The summed E-state index contributed by atoms with van der Waals surface area (Å²) in [6.45, 7) is 0. The Bertz CT molecular complexity index is 3720. The van der Waals surface area contributed by atoms with Gasteiger partial charge in [-0.15, -0.1) is 0 Å². The van der Waals surface area contributed by atoms with E-state index in [2.05, 4.69) is 254 Å². The van der Waals surface area contributed by atoms with Gasteiger partial charge in [-0.05, 0) is 109 Å². The average Bonchev–Trinajstić information content (AvgIpc) is 3.91. The van der Waals surface area contributed by atoms with Crippen molar-refractivity contribution < 1.29 is 4.42 Å². The van der Waals surface area contributed by atoms with E-state index in [-0.39, 0.29) is 0 Å². The first-order chi connectivity index (χ1) is 32.2. The summed E-state index contributed by atoms with van der Waals surface area (Å²) in [7, 11) is 0. The van der Waals surface area contributed by atoms with E-state index in [1.165, 1.54) is 55.1 Å². The fourth-order valence-electron chi connectivity index (χ4n) is 10.8. The smallest absolute Gasteiger partial charge is 0.143 e. The third kappa shape index (κ3) is 5.74. The van der Waals surface area contributed by atoms with Crippen molar-refractivity contribution >= 4 is 60.5 Å². The normalized spacial score (nSPS) is 12.7. The zero-order chi connectivity index (χ0) is 42.9. The van der Waals surface area contributed by atoms with Crippen LogP contribution in [0.15, 0.2) is 253 Å². The van der Waals surface area contributed by atoms with Gasteiger partial charge in [-0.2, -0.15) is 0 Å².